The Kier molecular flexibility index (Phi) is 6.57. The van der Waals surface area contributed by atoms with Gasteiger partial charge in [-0.3, -0.25) is 4.79 Å². The molecule has 6 nitrogen and oxygen atoms in total. The molecule has 1 N–H and O–H groups in total. The van der Waals surface area contributed by atoms with Gasteiger partial charge in [0, 0.05) is 5.02 Å². The molecule has 0 unspecified atom stereocenters. The van der Waals surface area contributed by atoms with Crippen LogP contribution in [0.15, 0.2) is 53.6 Å². The third-order valence-corrected chi connectivity index (χ3v) is 4.58. The molecule has 3 rings (SSSR count). The summed E-state index contributed by atoms with van der Waals surface area (Å²) in [5.74, 6) is -0.0975. The fourth-order valence-corrected chi connectivity index (χ4v) is 3.12. The molecule has 1 aromatic heterocycles. The van der Waals surface area contributed by atoms with Crippen molar-refractivity contribution in [2.75, 3.05) is 6.61 Å². The monoisotopic (exact) mass is 436 g/mol. The zero-order valence-corrected chi connectivity index (χ0v) is 17.0. The fraction of sp³-hybridized carbons (Fsp3) is 0.105. The molecule has 2 aromatic carbocycles. The van der Waals surface area contributed by atoms with Crippen molar-refractivity contribution in [1.82, 2.24) is 15.2 Å². The largest absolute Gasteiger partial charge is 0.482 e. The van der Waals surface area contributed by atoms with Gasteiger partial charge < -0.3 is 4.74 Å². The fourth-order valence-electron chi connectivity index (χ4n) is 2.33. The average Bonchev–Trinajstić information content (AvgIpc) is 2.96. The molecule has 0 saturated carbocycles. The number of aryl methyl sites for hydroxylation is 1. The molecule has 0 aliphatic heterocycles. The van der Waals surface area contributed by atoms with Crippen LogP contribution in [-0.4, -0.2) is 28.5 Å². The summed E-state index contributed by atoms with van der Waals surface area (Å²) in [5, 5.41) is 9.52. The third-order valence-electron chi connectivity index (χ3n) is 3.68. The summed E-state index contributed by atoms with van der Waals surface area (Å²) in [6.07, 6.45) is 1.44. The Hall–Kier alpha value is -2.54. The first-order chi connectivity index (χ1) is 13.5. The molecule has 144 valence electrons. The predicted molar refractivity (Wildman–Crippen MR) is 111 cm³/mol. The lowest BCUT2D eigenvalue weighted by Crippen LogP contribution is -2.24. The minimum atomic E-state index is -0.452. The first-order valence-corrected chi connectivity index (χ1v) is 9.29. The van der Waals surface area contributed by atoms with E-state index in [1.165, 1.54) is 12.3 Å². The van der Waals surface area contributed by atoms with Crippen LogP contribution >= 0.6 is 34.8 Å². The molecule has 0 bridgehead atoms. The maximum absolute atomic E-state index is 11.9. The van der Waals surface area contributed by atoms with Gasteiger partial charge in [0.15, 0.2) is 6.61 Å². The van der Waals surface area contributed by atoms with Crippen LogP contribution in [-0.2, 0) is 4.79 Å². The molecule has 1 heterocycles. The van der Waals surface area contributed by atoms with E-state index in [1.807, 2.05) is 30.3 Å². The van der Waals surface area contributed by atoms with Gasteiger partial charge in [0.1, 0.15) is 10.9 Å². The Bertz CT molecular complexity index is 1020. The number of hydrogen-bond acceptors (Lipinski definition) is 4. The van der Waals surface area contributed by atoms with Crippen molar-refractivity contribution in [3.8, 4) is 11.4 Å². The summed E-state index contributed by atoms with van der Waals surface area (Å²) in [4.78, 5) is 11.9. The van der Waals surface area contributed by atoms with Crippen LogP contribution < -0.4 is 10.2 Å². The van der Waals surface area contributed by atoms with E-state index in [-0.39, 0.29) is 6.61 Å². The van der Waals surface area contributed by atoms with Gasteiger partial charge in [0.2, 0.25) is 0 Å². The number of hydrogen-bond donors (Lipinski definition) is 1. The summed E-state index contributed by atoms with van der Waals surface area (Å²) in [7, 11) is 0. The Morgan fingerprint density at radius 3 is 2.68 bits per heavy atom. The van der Waals surface area contributed by atoms with E-state index in [9.17, 15) is 4.79 Å². The number of para-hydroxylation sites is 1. The van der Waals surface area contributed by atoms with E-state index in [1.54, 1.807) is 23.7 Å². The smallest absolute Gasteiger partial charge is 0.277 e. The highest BCUT2D eigenvalue weighted by Crippen LogP contribution is 2.27. The number of aromatic nitrogens is 2. The third kappa shape index (κ3) is 4.84. The van der Waals surface area contributed by atoms with Gasteiger partial charge >= 0.3 is 0 Å². The van der Waals surface area contributed by atoms with Gasteiger partial charge in [-0.05, 0) is 37.3 Å². The normalized spacial score (nSPS) is 11.0. The Labute approximate surface area is 176 Å². The predicted octanol–water partition coefficient (Wildman–Crippen LogP) is 4.67. The molecule has 0 radical (unpaired) electrons. The van der Waals surface area contributed by atoms with E-state index in [0.717, 1.165) is 5.69 Å². The van der Waals surface area contributed by atoms with Crippen LogP contribution in [0.5, 0.6) is 5.75 Å². The van der Waals surface area contributed by atoms with Gasteiger partial charge in [-0.1, -0.05) is 53.0 Å². The lowest BCUT2D eigenvalue weighted by Gasteiger charge is -2.07. The summed E-state index contributed by atoms with van der Waals surface area (Å²) in [5.41, 5.74) is 4.48. The second kappa shape index (κ2) is 9.10. The number of nitrogens with zero attached hydrogens (tertiary/aromatic N) is 3. The van der Waals surface area contributed by atoms with E-state index in [2.05, 4.69) is 15.6 Å². The highest BCUT2D eigenvalue weighted by molar-refractivity contribution is 6.35. The van der Waals surface area contributed by atoms with Crippen molar-refractivity contribution >= 4 is 46.9 Å². The quantitative estimate of drug-likeness (QED) is 0.450. The second-order valence-corrected chi connectivity index (χ2v) is 6.90. The summed E-state index contributed by atoms with van der Waals surface area (Å²) in [6, 6.07) is 14.2. The maximum Gasteiger partial charge on any atom is 0.277 e. The average molecular weight is 438 g/mol. The van der Waals surface area contributed by atoms with Crippen molar-refractivity contribution in [3.63, 3.8) is 0 Å². The Balaban J connectivity index is 1.61. The van der Waals surface area contributed by atoms with Gasteiger partial charge in [-0.25, -0.2) is 10.1 Å². The number of ether oxygens (including phenoxy) is 1. The van der Waals surface area contributed by atoms with Crippen LogP contribution in [0, 0.1) is 6.92 Å². The van der Waals surface area contributed by atoms with Crippen LogP contribution in [0.1, 0.15) is 11.3 Å². The van der Waals surface area contributed by atoms with Crippen molar-refractivity contribution in [2.45, 2.75) is 6.92 Å². The number of carbonyl (C=O) groups is 1. The SMILES string of the molecule is Cc1nn(-c2ccccc2)c(Cl)c1/C=N\NC(=O)COc1ccc(Cl)cc1Cl. The maximum atomic E-state index is 11.9. The summed E-state index contributed by atoms with van der Waals surface area (Å²) >= 11 is 18.2. The first-order valence-electron chi connectivity index (χ1n) is 8.16. The zero-order valence-electron chi connectivity index (χ0n) is 14.7. The van der Waals surface area contributed by atoms with E-state index < -0.39 is 5.91 Å². The number of halogens is 3. The molecular weight excluding hydrogens is 423 g/mol. The molecule has 0 atom stereocenters. The molecule has 9 heteroatoms. The molecule has 0 aliphatic carbocycles. The van der Waals surface area contributed by atoms with E-state index >= 15 is 0 Å². The Morgan fingerprint density at radius 2 is 1.96 bits per heavy atom. The number of hydrazone groups is 1. The minimum Gasteiger partial charge on any atom is -0.482 e. The number of benzene rings is 2. The molecule has 0 aliphatic rings. The molecular formula is C19H15Cl3N4O2. The highest BCUT2D eigenvalue weighted by Gasteiger charge is 2.13. The van der Waals surface area contributed by atoms with Gasteiger partial charge in [-0.15, -0.1) is 0 Å². The minimum absolute atomic E-state index is 0.255. The van der Waals surface area contributed by atoms with Crippen molar-refractivity contribution in [1.29, 1.82) is 0 Å². The van der Waals surface area contributed by atoms with Crippen LogP contribution in [0.4, 0.5) is 0 Å². The zero-order chi connectivity index (χ0) is 20.1. The Morgan fingerprint density at radius 1 is 1.21 bits per heavy atom. The lowest BCUT2D eigenvalue weighted by atomic mass is 10.3. The summed E-state index contributed by atoms with van der Waals surface area (Å²) in [6.45, 7) is 1.55. The first kappa shape index (κ1) is 20.2. The van der Waals surface area contributed by atoms with Crippen LogP contribution in [0.25, 0.3) is 5.69 Å². The number of rotatable bonds is 6. The molecule has 0 spiro atoms. The molecule has 28 heavy (non-hydrogen) atoms. The van der Waals surface area contributed by atoms with Crippen LogP contribution in [0.3, 0.4) is 0 Å². The van der Waals surface area contributed by atoms with Crippen molar-refractivity contribution < 1.29 is 9.53 Å². The van der Waals surface area contributed by atoms with E-state index in [0.29, 0.717) is 32.2 Å². The number of amides is 1. The molecule has 3 aromatic rings. The van der Waals surface area contributed by atoms with Crippen LogP contribution in [0.2, 0.25) is 15.2 Å². The van der Waals surface area contributed by atoms with Gasteiger partial charge in [0.05, 0.1) is 28.2 Å². The highest BCUT2D eigenvalue weighted by atomic mass is 35.5. The van der Waals surface area contributed by atoms with Crippen molar-refractivity contribution in [2.24, 2.45) is 5.10 Å². The van der Waals surface area contributed by atoms with E-state index in [4.69, 9.17) is 39.5 Å². The standard InChI is InChI=1S/C19H15Cl3N4O2/c1-12-15(19(22)26(25-12)14-5-3-2-4-6-14)10-23-24-18(27)11-28-17-8-7-13(20)9-16(17)21/h2-10H,11H2,1H3,(H,24,27)/b23-10-. The topological polar surface area (TPSA) is 68.5 Å². The number of nitrogens with one attached hydrogen (secondary N) is 1. The van der Waals surface area contributed by atoms with Crippen molar-refractivity contribution in [3.05, 3.63) is 75.0 Å². The lowest BCUT2D eigenvalue weighted by molar-refractivity contribution is -0.123. The molecule has 0 fully saturated rings. The van der Waals surface area contributed by atoms with Gasteiger partial charge in [0.25, 0.3) is 5.91 Å². The number of carbonyl (C=O) groups excluding carboxylic acids is 1. The molecule has 0 saturated heterocycles. The summed E-state index contributed by atoms with van der Waals surface area (Å²) < 4.78 is 6.95. The second-order valence-electron chi connectivity index (χ2n) is 5.69. The van der Waals surface area contributed by atoms with Gasteiger partial charge in [-0.2, -0.15) is 10.2 Å². The molecule has 1 amide bonds.